The Kier molecular flexibility index (Phi) is 5.90. The molecule has 0 amide bonds. The Morgan fingerprint density at radius 1 is 1.30 bits per heavy atom. The van der Waals surface area contributed by atoms with Crippen molar-refractivity contribution in [2.75, 3.05) is 13.7 Å². The lowest BCUT2D eigenvalue weighted by Crippen LogP contribution is -2.21. The Morgan fingerprint density at radius 3 is 2.75 bits per heavy atom. The lowest BCUT2D eigenvalue weighted by atomic mass is 10.0. The van der Waals surface area contributed by atoms with Crippen LogP contribution in [0.3, 0.4) is 0 Å². The number of benzene rings is 1. The van der Waals surface area contributed by atoms with E-state index < -0.39 is 0 Å². The highest BCUT2D eigenvalue weighted by Crippen LogP contribution is 2.29. The fraction of sp³-hybridized carbons (Fsp3) is 0.667. The van der Waals surface area contributed by atoms with Crippen LogP contribution in [0.4, 0.5) is 0 Å². The Balaban J connectivity index is 1.77. The average Bonchev–Trinajstić information content (AvgIpc) is 2.96. The summed E-state index contributed by atoms with van der Waals surface area (Å²) in [5.74, 6) is 2.00. The van der Waals surface area contributed by atoms with E-state index in [1.165, 1.54) is 49.7 Å². The van der Waals surface area contributed by atoms with Crippen molar-refractivity contribution >= 4 is 0 Å². The molecule has 2 rings (SSSR count). The predicted molar refractivity (Wildman–Crippen MR) is 85.3 cm³/mol. The fourth-order valence-corrected chi connectivity index (χ4v) is 3.29. The number of ether oxygens (including phenoxy) is 1. The zero-order chi connectivity index (χ0) is 14.4. The highest BCUT2D eigenvalue weighted by molar-refractivity contribution is 5.38. The van der Waals surface area contributed by atoms with Crippen molar-refractivity contribution in [3.05, 3.63) is 29.3 Å². The van der Waals surface area contributed by atoms with Gasteiger partial charge in [0.2, 0.25) is 0 Å². The molecule has 1 aliphatic carbocycles. The molecule has 20 heavy (non-hydrogen) atoms. The highest BCUT2D eigenvalue weighted by Gasteiger charge is 2.15. The Hall–Kier alpha value is -1.02. The number of hydrogen-bond donors (Lipinski definition) is 1. The molecular formula is C18H29NO. The second kappa shape index (κ2) is 7.68. The van der Waals surface area contributed by atoms with Gasteiger partial charge in [0.25, 0.3) is 0 Å². The molecule has 0 radical (unpaired) electrons. The SMILES string of the molecule is COc1cc(C)ccc1C(C)NCCCC1CCCC1. The van der Waals surface area contributed by atoms with E-state index >= 15 is 0 Å². The van der Waals surface area contributed by atoms with Gasteiger partial charge in [-0.1, -0.05) is 37.8 Å². The van der Waals surface area contributed by atoms with Gasteiger partial charge in [-0.2, -0.15) is 0 Å². The van der Waals surface area contributed by atoms with Crippen molar-refractivity contribution in [2.24, 2.45) is 5.92 Å². The quantitative estimate of drug-likeness (QED) is 0.733. The maximum Gasteiger partial charge on any atom is 0.123 e. The zero-order valence-corrected chi connectivity index (χ0v) is 13.2. The lowest BCUT2D eigenvalue weighted by molar-refractivity contribution is 0.398. The molecule has 2 heteroatoms. The van der Waals surface area contributed by atoms with Crippen LogP contribution in [-0.4, -0.2) is 13.7 Å². The molecule has 1 fully saturated rings. The smallest absolute Gasteiger partial charge is 0.123 e. The minimum atomic E-state index is 0.356. The van der Waals surface area contributed by atoms with Gasteiger partial charge >= 0.3 is 0 Å². The molecule has 0 spiro atoms. The van der Waals surface area contributed by atoms with Crippen LogP contribution < -0.4 is 10.1 Å². The third kappa shape index (κ3) is 4.24. The number of methoxy groups -OCH3 is 1. The zero-order valence-electron chi connectivity index (χ0n) is 13.2. The summed E-state index contributed by atoms with van der Waals surface area (Å²) >= 11 is 0. The molecule has 0 aliphatic heterocycles. The van der Waals surface area contributed by atoms with Crippen molar-refractivity contribution in [1.29, 1.82) is 0 Å². The molecule has 0 aromatic heterocycles. The van der Waals surface area contributed by atoms with Gasteiger partial charge in [-0.25, -0.2) is 0 Å². The molecule has 1 aliphatic rings. The van der Waals surface area contributed by atoms with Gasteiger partial charge in [0, 0.05) is 11.6 Å². The number of aryl methyl sites for hydroxylation is 1. The van der Waals surface area contributed by atoms with Gasteiger partial charge in [-0.05, 0) is 50.8 Å². The van der Waals surface area contributed by atoms with E-state index in [4.69, 9.17) is 4.74 Å². The summed E-state index contributed by atoms with van der Waals surface area (Å²) in [4.78, 5) is 0. The summed E-state index contributed by atoms with van der Waals surface area (Å²) in [5, 5.41) is 3.64. The van der Waals surface area contributed by atoms with Crippen LogP contribution in [0.5, 0.6) is 5.75 Å². The van der Waals surface area contributed by atoms with E-state index in [0.717, 1.165) is 18.2 Å². The number of rotatable bonds is 7. The second-order valence-corrected chi connectivity index (χ2v) is 6.21. The summed E-state index contributed by atoms with van der Waals surface area (Å²) in [5.41, 5.74) is 2.51. The predicted octanol–water partition coefficient (Wildman–Crippen LogP) is 4.62. The molecule has 1 unspecified atom stereocenters. The minimum absolute atomic E-state index is 0.356. The Morgan fingerprint density at radius 2 is 2.05 bits per heavy atom. The second-order valence-electron chi connectivity index (χ2n) is 6.21. The van der Waals surface area contributed by atoms with E-state index in [9.17, 15) is 0 Å². The summed E-state index contributed by atoms with van der Waals surface area (Å²) in [7, 11) is 1.76. The van der Waals surface area contributed by atoms with E-state index in [0.29, 0.717) is 6.04 Å². The lowest BCUT2D eigenvalue weighted by Gasteiger charge is -2.18. The average molecular weight is 275 g/mol. The third-order valence-corrected chi connectivity index (χ3v) is 4.57. The van der Waals surface area contributed by atoms with E-state index in [1.54, 1.807) is 7.11 Å². The van der Waals surface area contributed by atoms with Crippen molar-refractivity contribution in [3.8, 4) is 5.75 Å². The van der Waals surface area contributed by atoms with Crippen molar-refractivity contribution in [2.45, 2.75) is 58.4 Å². The number of nitrogens with one attached hydrogen (secondary N) is 1. The molecule has 2 nitrogen and oxygen atoms in total. The molecule has 0 saturated heterocycles. The molecule has 1 N–H and O–H groups in total. The van der Waals surface area contributed by atoms with Crippen LogP contribution in [0.2, 0.25) is 0 Å². The van der Waals surface area contributed by atoms with Gasteiger partial charge in [0.05, 0.1) is 7.11 Å². The fourth-order valence-electron chi connectivity index (χ4n) is 3.29. The van der Waals surface area contributed by atoms with Crippen molar-refractivity contribution in [1.82, 2.24) is 5.32 Å². The monoisotopic (exact) mass is 275 g/mol. The number of hydrogen-bond acceptors (Lipinski definition) is 2. The van der Waals surface area contributed by atoms with Crippen LogP contribution in [0.25, 0.3) is 0 Å². The van der Waals surface area contributed by atoms with E-state index in [1.807, 2.05) is 0 Å². The van der Waals surface area contributed by atoms with Crippen LogP contribution in [-0.2, 0) is 0 Å². The molecule has 112 valence electrons. The largest absolute Gasteiger partial charge is 0.496 e. The first kappa shape index (κ1) is 15.4. The van der Waals surface area contributed by atoms with Gasteiger partial charge in [-0.3, -0.25) is 0 Å². The first-order chi connectivity index (χ1) is 9.70. The Bertz CT molecular complexity index is 410. The normalized spacial score (nSPS) is 17.4. The first-order valence-corrected chi connectivity index (χ1v) is 8.08. The minimum Gasteiger partial charge on any atom is -0.496 e. The molecule has 1 aromatic rings. The summed E-state index contributed by atoms with van der Waals surface area (Å²) in [6.07, 6.45) is 8.51. The summed E-state index contributed by atoms with van der Waals surface area (Å²) < 4.78 is 5.49. The summed E-state index contributed by atoms with van der Waals surface area (Å²) in [6, 6.07) is 6.82. The summed E-state index contributed by atoms with van der Waals surface area (Å²) in [6.45, 7) is 5.43. The topological polar surface area (TPSA) is 21.3 Å². The Labute approximate surface area is 123 Å². The molecule has 0 heterocycles. The maximum atomic E-state index is 5.49. The van der Waals surface area contributed by atoms with Crippen LogP contribution >= 0.6 is 0 Å². The standard InChI is InChI=1S/C18H29NO/c1-14-10-11-17(18(13-14)20-3)15(2)19-12-6-9-16-7-4-5-8-16/h10-11,13,15-16,19H,4-9,12H2,1-3H3. The van der Waals surface area contributed by atoms with Crippen molar-refractivity contribution < 1.29 is 4.74 Å². The van der Waals surface area contributed by atoms with Crippen LogP contribution in [0.1, 0.15) is 62.6 Å². The van der Waals surface area contributed by atoms with Gasteiger partial charge in [-0.15, -0.1) is 0 Å². The van der Waals surface area contributed by atoms with Gasteiger partial charge < -0.3 is 10.1 Å². The van der Waals surface area contributed by atoms with Crippen LogP contribution in [0.15, 0.2) is 18.2 Å². The molecule has 1 atom stereocenters. The third-order valence-electron chi connectivity index (χ3n) is 4.57. The molecule has 0 bridgehead atoms. The molecular weight excluding hydrogens is 246 g/mol. The van der Waals surface area contributed by atoms with Gasteiger partial charge in [0.1, 0.15) is 5.75 Å². The highest BCUT2D eigenvalue weighted by atomic mass is 16.5. The van der Waals surface area contributed by atoms with E-state index in [2.05, 4.69) is 37.4 Å². The molecule has 1 aromatic carbocycles. The van der Waals surface area contributed by atoms with Crippen molar-refractivity contribution in [3.63, 3.8) is 0 Å². The maximum absolute atomic E-state index is 5.49. The first-order valence-electron chi connectivity index (χ1n) is 8.08. The van der Waals surface area contributed by atoms with E-state index in [-0.39, 0.29) is 0 Å². The molecule has 1 saturated carbocycles. The van der Waals surface area contributed by atoms with Crippen LogP contribution in [0, 0.1) is 12.8 Å². The van der Waals surface area contributed by atoms with Gasteiger partial charge in [0.15, 0.2) is 0 Å².